The lowest BCUT2D eigenvalue weighted by Gasteiger charge is -2.23. The fourth-order valence-electron chi connectivity index (χ4n) is 4.63. The van der Waals surface area contributed by atoms with Crippen molar-refractivity contribution in [1.29, 1.82) is 0 Å². The lowest BCUT2D eigenvalue weighted by molar-refractivity contribution is -0.165. The Hall–Kier alpha value is -3.97. The molecule has 3 aromatic rings. The van der Waals surface area contributed by atoms with Crippen molar-refractivity contribution >= 4 is 28.9 Å². The number of ether oxygens (including phenoxy) is 3. The lowest BCUT2D eigenvalue weighted by atomic mass is 10.1. The van der Waals surface area contributed by atoms with Crippen LogP contribution in [0.2, 0.25) is 0 Å². The van der Waals surface area contributed by atoms with Crippen molar-refractivity contribution in [3.8, 4) is 12.3 Å². The number of imidazole rings is 1. The maximum absolute atomic E-state index is 11.8. The Labute approximate surface area is 195 Å². The molecule has 4 atom stereocenters. The number of benzene rings is 1. The van der Waals surface area contributed by atoms with E-state index < -0.39 is 36.5 Å². The third-order valence-corrected chi connectivity index (χ3v) is 5.98. The molecule has 5 rings (SSSR count). The normalized spacial score (nSPS) is 23.9. The number of carbonyl (C=O) groups is 2. The van der Waals surface area contributed by atoms with E-state index in [2.05, 4.69) is 38.3 Å². The molecule has 10 heteroatoms. The zero-order valence-electron chi connectivity index (χ0n) is 18.7. The molecule has 1 aliphatic carbocycles. The average Bonchev–Trinajstić information content (AvgIpc) is 3.49. The summed E-state index contributed by atoms with van der Waals surface area (Å²) in [5.74, 6) is 1.93. The average molecular weight is 461 g/mol. The molecule has 0 saturated carbocycles. The van der Waals surface area contributed by atoms with Gasteiger partial charge >= 0.3 is 11.9 Å². The SMILES string of the molecule is C#C[C@H]1O[C@@H](n2cnc3c(NC4Cc5ccccc5C4)ncnc32)[C@H](OC(C)=O)[C@H]1OC(C)=O. The van der Waals surface area contributed by atoms with Crippen LogP contribution in [0.25, 0.3) is 11.2 Å². The second-order valence-electron chi connectivity index (χ2n) is 8.33. The van der Waals surface area contributed by atoms with Gasteiger partial charge in [0, 0.05) is 19.9 Å². The summed E-state index contributed by atoms with van der Waals surface area (Å²) in [5, 5.41) is 3.48. The van der Waals surface area contributed by atoms with Crippen LogP contribution >= 0.6 is 0 Å². The topological polar surface area (TPSA) is 117 Å². The van der Waals surface area contributed by atoms with Crippen molar-refractivity contribution < 1.29 is 23.8 Å². The summed E-state index contributed by atoms with van der Waals surface area (Å²) in [6.45, 7) is 2.52. The number of aromatic nitrogens is 4. The molecule has 174 valence electrons. The molecule has 1 saturated heterocycles. The van der Waals surface area contributed by atoms with Gasteiger partial charge in [-0.2, -0.15) is 0 Å². The first-order valence-corrected chi connectivity index (χ1v) is 10.9. The predicted octanol–water partition coefficient (Wildman–Crippen LogP) is 1.80. The summed E-state index contributed by atoms with van der Waals surface area (Å²) in [4.78, 5) is 36.8. The summed E-state index contributed by atoms with van der Waals surface area (Å²) < 4.78 is 18.4. The molecule has 1 aromatic carbocycles. The second-order valence-corrected chi connectivity index (χ2v) is 8.33. The molecule has 1 fully saturated rings. The van der Waals surface area contributed by atoms with E-state index in [1.54, 1.807) is 4.57 Å². The van der Waals surface area contributed by atoms with E-state index in [-0.39, 0.29) is 6.04 Å². The molecule has 1 aliphatic heterocycles. The van der Waals surface area contributed by atoms with Crippen LogP contribution < -0.4 is 5.32 Å². The van der Waals surface area contributed by atoms with E-state index in [9.17, 15) is 9.59 Å². The highest BCUT2D eigenvalue weighted by atomic mass is 16.6. The van der Waals surface area contributed by atoms with E-state index in [1.165, 1.54) is 37.6 Å². The van der Waals surface area contributed by atoms with Gasteiger partial charge in [0.25, 0.3) is 0 Å². The van der Waals surface area contributed by atoms with Crippen LogP contribution in [0, 0.1) is 12.3 Å². The van der Waals surface area contributed by atoms with Gasteiger partial charge in [-0.25, -0.2) is 15.0 Å². The van der Waals surface area contributed by atoms with E-state index in [1.807, 2.05) is 12.1 Å². The Balaban J connectivity index is 1.45. The van der Waals surface area contributed by atoms with E-state index in [0.717, 1.165) is 12.8 Å². The van der Waals surface area contributed by atoms with Gasteiger partial charge in [-0.05, 0) is 24.0 Å². The highest BCUT2D eigenvalue weighted by Gasteiger charge is 2.50. The molecule has 0 amide bonds. The van der Waals surface area contributed by atoms with Crippen LogP contribution in [0.15, 0.2) is 36.9 Å². The number of rotatable bonds is 5. The Morgan fingerprint density at radius 2 is 1.76 bits per heavy atom. The number of fused-ring (bicyclic) bond motifs is 2. The van der Waals surface area contributed by atoms with Crippen molar-refractivity contribution in [2.24, 2.45) is 0 Å². The number of terminal acetylenes is 1. The third kappa shape index (κ3) is 3.95. The summed E-state index contributed by atoms with van der Waals surface area (Å²) >= 11 is 0. The number of hydrogen-bond acceptors (Lipinski definition) is 9. The van der Waals surface area contributed by atoms with Gasteiger partial charge in [0.1, 0.15) is 6.33 Å². The van der Waals surface area contributed by atoms with Crippen molar-refractivity contribution in [1.82, 2.24) is 19.5 Å². The number of hydrogen-bond donors (Lipinski definition) is 1. The molecule has 34 heavy (non-hydrogen) atoms. The van der Waals surface area contributed by atoms with E-state index >= 15 is 0 Å². The minimum atomic E-state index is -0.976. The van der Waals surface area contributed by atoms with Gasteiger partial charge in [-0.1, -0.05) is 30.2 Å². The Morgan fingerprint density at radius 3 is 2.41 bits per heavy atom. The zero-order valence-corrected chi connectivity index (χ0v) is 18.7. The molecule has 10 nitrogen and oxygen atoms in total. The van der Waals surface area contributed by atoms with Crippen LogP contribution in [0.4, 0.5) is 5.82 Å². The van der Waals surface area contributed by atoms with Crippen molar-refractivity contribution in [2.75, 3.05) is 5.32 Å². The van der Waals surface area contributed by atoms with E-state index in [4.69, 9.17) is 20.6 Å². The van der Waals surface area contributed by atoms with Crippen molar-refractivity contribution in [3.05, 3.63) is 48.0 Å². The van der Waals surface area contributed by atoms with Gasteiger partial charge in [-0.15, -0.1) is 6.42 Å². The number of nitrogens with one attached hydrogen (secondary N) is 1. The number of esters is 2. The Morgan fingerprint density at radius 1 is 1.09 bits per heavy atom. The molecule has 0 bridgehead atoms. The largest absolute Gasteiger partial charge is 0.455 e. The fraction of sp³-hybridized carbons (Fsp3) is 0.375. The summed E-state index contributed by atoms with van der Waals surface area (Å²) in [6, 6.07) is 8.53. The smallest absolute Gasteiger partial charge is 0.303 e. The second kappa shape index (κ2) is 8.76. The number of carbonyl (C=O) groups excluding carboxylic acids is 2. The molecule has 2 aromatic heterocycles. The maximum atomic E-state index is 11.8. The molecule has 2 aliphatic rings. The Bertz CT molecular complexity index is 1270. The van der Waals surface area contributed by atoms with Crippen LogP contribution in [-0.4, -0.2) is 55.8 Å². The predicted molar refractivity (Wildman–Crippen MR) is 120 cm³/mol. The summed E-state index contributed by atoms with van der Waals surface area (Å²) in [5.41, 5.74) is 3.64. The standard InChI is InChI=1S/C24H23N5O5/c1-4-18-20(32-13(2)30)21(33-14(3)31)24(34-18)29-12-27-19-22(25-11-26-23(19)29)28-17-9-15-7-5-6-8-16(15)10-17/h1,5-8,11-12,17-18,20-21,24H,9-10H2,2-3H3,(H,25,26,28)/t18-,20+,21-,24-/m1/s1. The van der Waals surface area contributed by atoms with Gasteiger partial charge in [0.05, 0.1) is 6.33 Å². The van der Waals surface area contributed by atoms with Crippen LogP contribution in [0.1, 0.15) is 31.2 Å². The molecular weight excluding hydrogens is 438 g/mol. The summed E-state index contributed by atoms with van der Waals surface area (Å²) in [7, 11) is 0. The molecule has 0 spiro atoms. The molecule has 0 unspecified atom stereocenters. The van der Waals surface area contributed by atoms with Gasteiger partial charge in [0.2, 0.25) is 0 Å². The highest BCUT2D eigenvalue weighted by molar-refractivity contribution is 5.83. The third-order valence-electron chi connectivity index (χ3n) is 5.98. The number of nitrogens with zero attached hydrogens (tertiary/aromatic N) is 4. The highest BCUT2D eigenvalue weighted by Crippen LogP contribution is 2.36. The van der Waals surface area contributed by atoms with E-state index in [0.29, 0.717) is 17.0 Å². The minimum absolute atomic E-state index is 0.177. The quantitative estimate of drug-likeness (QED) is 0.448. The Kier molecular flexibility index (Phi) is 5.63. The molecule has 1 N–H and O–H groups in total. The van der Waals surface area contributed by atoms with Crippen LogP contribution in [-0.2, 0) is 36.6 Å². The molecular formula is C24H23N5O5. The monoisotopic (exact) mass is 461 g/mol. The van der Waals surface area contributed by atoms with Crippen molar-refractivity contribution in [2.45, 2.75) is 57.3 Å². The lowest BCUT2D eigenvalue weighted by Crippen LogP contribution is -2.38. The first-order valence-electron chi connectivity index (χ1n) is 10.9. The van der Waals surface area contributed by atoms with Gasteiger partial charge in [-0.3, -0.25) is 14.2 Å². The van der Waals surface area contributed by atoms with Crippen LogP contribution in [0.5, 0.6) is 0 Å². The zero-order chi connectivity index (χ0) is 23.8. The van der Waals surface area contributed by atoms with Gasteiger partial charge < -0.3 is 19.5 Å². The van der Waals surface area contributed by atoms with Crippen LogP contribution in [0.3, 0.4) is 0 Å². The molecule has 3 heterocycles. The maximum Gasteiger partial charge on any atom is 0.303 e. The first-order chi connectivity index (χ1) is 16.4. The van der Waals surface area contributed by atoms with Gasteiger partial charge in [0.15, 0.2) is 41.5 Å². The fourth-order valence-corrected chi connectivity index (χ4v) is 4.63. The number of anilines is 1. The minimum Gasteiger partial charge on any atom is -0.455 e. The first kappa shape index (κ1) is 21.9. The van der Waals surface area contributed by atoms with Crippen molar-refractivity contribution in [3.63, 3.8) is 0 Å². The molecule has 0 radical (unpaired) electrons. The summed E-state index contributed by atoms with van der Waals surface area (Å²) in [6.07, 6.45) is 6.59.